The van der Waals surface area contributed by atoms with E-state index < -0.39 is 16.9 Å². The van der Waals surface area contributed by atoms with Gasteiger partial charge in [-0.15, -0.1) is 0 Å². The fourth-order valence-corrected chi connectivity index (χ4v) is 3.72. The molecule has 1 aromatic carbocycles. The maximum absolute atomic E-state index is 11.2. The molecule has 0 radical (unpaired) electrons. The van der Waals surface area contributed by atoms with Gasteiger partial charge in [-0.25, -0.2) is 0 Å². The molecule has 12 heteroatoms. The normalized spacial score (nSPS) is 20.1. The number of ether oxygens (including phenoxy) is 2. The van der Waals surface area contributed by atoms with Gasteiger partial charge in [-0.1, -0.05) is 13.8 Å². The number of anilines is 1. The van der Waals surface area contributed by atoms with Crippen LogP contribution in [0.15, 0.2) is 18.2 Å². The Balaban J connectivity index is 0.00000138. The molecule has 1 N–H and O–H groups in total. The molecule has 2 fully saturated rings. The third-order valence-electron chi connectivity index (χ3n) is 5.49. The summed E-state index contributed by atoms with van der Waals surface area (Å²) in [5, 5.41) is 40.2. The zero-order valence-corrected chi connectivity index (χ0v) is 24.6. The Morgan fingerprint density at radius 2 is 1.84 bits per heavy atom. The van der Waals surface area contributed by atoms with Crippen molar-refractivity contribution in [2.24, 2.45) is 11.3 Å². The second-order valence-corrected chi connectivity index (χ2v) is 7.73. The summed E-state index contributed by atoms with van der Waals surface area (Å²) in [6, 6.07) is 6.39. The third kappa shape index (κ3) is 9.26. The summed E-state index contributed by atoms with van der Waals surface area (Å²) in [6.07, 6.45) is 0.277. The minimum absolute atomic E-state index is 0. The zero-order chi connectivity index (χ0) is 21.7. The van der Waals surface area contributed by atoms with Gasteiger partial charge >= 0.3 is 103 Å². The Labute approximate surface area is 266 Å². The Morgan fingerprint density at radius 1 is 1.26 bits per heavy atom. The molecule has 1 spiro atoms. The van der Waals surface area contributed by atoms with Gasteiger partial charge < -0.3 is 29.8 Å². The number of rotatable bonds is 4. The molecule has 1 aliphatic carbocycles. The summed E-state index contributed by atoms with van der Waals surface area (Å²) in [7, 11) is 0. The van der Waals surface area contributed by atoms with E-state index >= 15 is 0 Å². The molecule has 0 bridgehead atoms. The van der Waals surface area contributed by atoms with Crippen LogP contribution in [-0.2, 0) is 9.47 Å². The quantitative estimate of drug-likeness (QED) is 0.251. The molecule has 3 rings (SSSR count). The third-order valence-corrected chi connectivity index (χ3v) is 5.49. The van der Waals surface area contributed by atoms with Gasteiger partial charge in [0.15, 0.2) is 5.79 Å². The Hall–Kier alpha value is 0.373. The monoisotopic (exact) mass is 483 g/mol. The van der Waals surface area contributed by atoms with E-state index in [0.717, 1.165) is 19.3 Å². The van der Waals surface area contributed by atoms with Crippen molar-refractivity contribution >= 4 is 17.5 Å². The first-order valence-electron chi connectivity index (χ1n) is 9.17. The maximum atomic E-state index is 11.2. The van der Waals surface area contributed by atoms with Crippen LogP contribution < -0.4 is 118 Å². The van der Waals surface area contributed by atoms with E-state index in [0.29, 0.717) is 31.0 Å². The van der Waals surface area contributed by atoms with Crippen LogP contribution in [0.4, 0.5) is 16.2 Å². The summed E-state index contributed by atoms with van der Waals surface area (Å²) in [4.78, 5) is 19.1. The van der Waals surface area contributed by atoms with Crippen molar-refractivity contribution in [3.63, 3.8) is 0 Å². The van der Waals surface area contributed by atoms with Crippen LogP contribution in [0.1, 0.15) is 38.7 Å². The summed E-state index contributed by atoms with van der Waals surface area (Å²) in [6.45, 7) is 6.23. The van der Waals surface area contributed by atoms with Crippen molar-refractivity contribution in [3.05, 3.63) is 33.9 Å². The maximum Gasteiger partial charge on any atom is 1.00 e. The molecule has 1 aliphatic heterocycles. The Kier molecular flexibility index (Phi) is 14.1. The van der Waals surface area contributed by atoms with Crippen LogP contribution >= 0.6 is 0 Å². The standard InChI is InChI=1S/C18H23N3O4.CH2O3.2K/c1-17(2)5-6-18(24-7-8-25-18)10-14(17)12-20-15-9-13(11-19)3-4-16(15)21(22)23;2-1(3)4;;/h3-4,9,14,20H,5-8,10,12H2,1-2H3;(H2,2,3,4);;/q;;2*+1/p-2/t14-;;;/m0.../s1. The van der Waals surface area contributed by atoms with Crippen LogP contribution in [0, 0.1) is 32.8 Å². The minimum atomic E-state index is -2.33. The van der Waals surface area contributed by atoms with E-state index in [2.05, 4.69) is 19.2 Å². The fourth-order valence-electron chi connectivity index (χ4n) is 3.72. The first-order chi connectivity index (χ1) is 13.6. The molecule has 1 aromatic rings. The molecular formula is C19H23K2N3O7. The van der Waals surface area contributed by atoms with Crippen LogP contribution in [0.2, 0.25) is 0 Å². The molecule has 1 saturated carbocycles. The number of hydrogen-bond acceptors (Lipinski definition) is 9. The number of hydrogen-bond donors (Lipinski definition) is 1. The number of carbonyl (C=O) groups is 1. The average Bonchev–Trinajstić information content (AvgIpc) is 3.10. The average molecular weight is 484 g/mol. The molecule has 1 atom stereocenters. The van der Waals surface area contributed by atoms with E-state index in [4.69, 9.17) is 29.7 Å². The first-order valence-corrected chi connectivity index (χ1v) is 9.17. The molecule has 10 nitrogen and oxygen atoms in total. The van der Waals surface area contributed by atoms with Gasteiger partial charge in [0.25, 0.3) is 5.69 Å². The largest absolute Gasteiger partial charge is 1.00 e. The van der Waals surface area contributed by atoms with Gasteiger partial charge in [-0.2, -0.15) is 5.26 Å². The van der Waals surface area contributed by atoms with Crippen molar-refractivity contribution in [3.8, 4) is 6.07 Å². The molecule has 158 valence electrons. The Bertz CT molecular complexity index is 804. The van der Waals surface area contributed by atoms with E-state index in [1.54, 1.807) is 0 Å². The summed E-state index contributed by atoms with van der Waals surface area (Å²) < 4.78 is 11.7. The van der Waals surface area contributed by atoms with E-state index in [1.807, 2.05) is 6.07 Å². The van der Waals surface area contributed by atoms with Crippen molar-refractivity contribution in [1.82, 2.24) is 0 Å². The molecule has 31 heavy (non-hydrogen) atoms. The van der Waals surface area contributed by atoms with Crippen molar-refractivity contribution in [2.75, 3.05) is 25.1 Å². The second kappa shape index (κ2) is 13.9. The number of carboxylic acid groups (broad SMARTS) is 2. The number of nitro benzene ring substituents is 1. The summed E-state index contributed by atoms with van der Waals surface area (Å²) >= 11 is 0. The number of nitriles is 1. The zero-order valence-electron chi connectivity index (χ0n) is 18.3. The van der Waals surface area contributed by atoms with Gasteiger partial charge in [-0.05, 0) is 36.0 Å². The number of nitrogens with zero attached hydrogens (tertiary/aromatic N) is 2. The van der Waals surface area contributed by atoms with E-state index in [9.17, 15) is 10.1 Å². The summed E-state index contributed by atoms with van der Waals surface area (Å²) in [5.74, 6) is -0.257. The molecule has 1 heterocycles. The predicted molar refractivity (Wildman–Crippen MR) is 97.5 cm³/mol. The molecule has 1 saturated heterocycles. The SMILES string of the molecule is CC1(C)CCC2(C[C@H]1CNc1cc(C#N)ccc1[N+](=O)[O-])OCCO2.O=C([O-])[O-].[K+].[K+]. The van der Waals surface area contributed by atoms with Crippen molar-refractivity contribution < 1.29 is 132 Å². The van der Waals surface area contributed by atoms with Gasteiger partial charge in [-0.3, -0.25) is 10.1 Å². The number of nitro groups is 1. The fraction of sp³-hybridized carbons (Fsp3) is 0.579. The van der Waals surface area contributed by atoms with Gasteiger partial charge in [0.2, 0.25) is 0 Å². The number of benzene rings is 1. The van der Waals surface area contributed by atoms with Gasteiger partial charge in [0, 0.05) is 25.5 Å². The molecule has 0 unspecified atom stereocenters. The van der Waals surface area contributed by atoms with E-state index in [1.165, 1.54) is 18.2 Å². The topological polar surface area (TPSA) is 161 Å². The molecule has 0 amide bonds. The van der Waals surface area contributed by atoms with Crippen LogP contribution in [0.5, 0.6) is 0 Å². The van der Waals surface area contributed by atoms with Crippen molar-refractivity contribution in [1.29, 1.82) is 5.26 Å². The van der Waals surface area contributed by atoms with E-state index in [-0.39, 0.29) is 120 Å². The molecule has 0 aromatic heterocycles. The minimum Gasteiger partial charge on any atom is -0.652 e. The van der Waals surface area contributed by atoms with Crippen molar-refractivity contribution in [2.45, 2.75) is 38.9 Å². The molecular weight excluding hydrogens is 460 g/mol. The number of nitrogens with one attached hydrogen (secondary N) is 1. The second-order valence-electron chi connectivity index (χ2n) is 7.73. The first kappa shape index (κ1) is 31.4. The number of carbonyl (C=O) groups excluding carboxylic acids is 1. The van der Waals surface area contributed by atoms with Gasteiger partial charge in [0.05, 0.1) is 29.8 Å². The van der Waals surface area contributed by atoms with Crippen LogP contribution in [0.3, 0.4) is 0 Å². The van der Waals surface area contributed by atoms with Crippen LogP contribution in [0.25, 0.3) is 0 Å². The smallest absolute Gasteiger partial charge is 0.652 e. The molecule has 2 aliphatic rings. The predicted octanol–water partition coefficient (Wildman–Crippen LogP) is -4.99. The van der Waals surface area contributed by atoms with Crippen LogP contribution in [-0.4, -0.2) is 36.6 Å². The summed E-state index contributed by atoms with van der Waals surface area (Å²) in [5.41, 5.74) is 0.841. The Morgan fingerprint density at radius 3 is 2.35 bits per heavy atom. The van der Waals surface area contributed by atoms with Gasteiger partial charge in [0.1, 0.15) is 5.69 Å².